The fraction of sp³-hybridized carbons (Fsp3) is 0.176. The van der Waals surface area contributed by atoms with Crippen molar-refractivity contribution in [3.05, 3.63) is 63.5 Å². The number of nitrogens with one attached hydrogen (secondary N) is 1. The van der Waals surface area contributed by atoms with Crippen molar-refractivity contribution in [2.24, 2.45) is 0 Å². The number of nitrogens with zero attached hydrogens (tertiary/aromatic N) is 4. The first-order valence-corrected chi connectivity index (χ1v) is 9.08. The molecule has 1 aromatic carbocycles. The van der Waals surface area contributed by atoms with Gasteiger partial charge in [0.15, 0.2) is 11.5 Å². The summed E-state index contributed by atoms with van der Waals surface area (Å²) in [6, 6.07) is 8.01. The molecule has 3 aromatic rings. The highest BCUT2D eigenvalue weighted by Gasteiger charge is 2.18. The number of hydrogen-bond donors (Lipinski definition) is 2. The smallest absolute Gasteiger partial charge is 0.328 e. The lowest BCUT2D eigenvalue weighted by Gasteiger charge is -2.05. The van der Waals surface area contributed by atoms with Crippen LogP contribution in [-0.4, -0.2) is 36.5 Å². The summed E-state index contributed by atoms with van der Waals surface area (Å²) in [4.78, 5) is 23.4. The number of amides is 1. The second-order valence-corrected chi connectivity index (χ2v) is 7.03. The van der Waals surface area contributed by atoms with Crippen LogP contribution in [0.3, 0.4) is 0 Å². The number of halogens is 2. The van der Waals surface area contributed by atoms with Gasteiger partial charge in [-0.3, -0.25) is 14.2 Å². The largest absolute Gasteiger partial charge is 0.480 e. The predicted octanol–water partition coefficient (Wildman–Crippen LogP) is 3.44. The van der Waals surface area contributed by atoms with Crippen LogP contribution in [0.2, 0.25) is 5.02 Å². The molecule has 0 aliphatic carbocycles. The maximum atomic E-state index is 12.4. The highest BCUT2D eigenvalue weighted by Crippen LogP contribution is 2.23. The summed E-state index contributed by atoms with van der Waals surface area (Å²) in [6.45, 7) is 1.92. The van der Waals surface area contributed by atoms with Gasteiger partial charge in [0.25, 0.3) is 5.91 Å². The summed E-state index contributed by atoms with van der Waals surface area (Å²) in [6.07, 6.45) is 3.17. The van der Waals surface area contributed by atoms with Gasteiger partial charge < -0.3 is 10.4 Å². The number of carboxylic acid groups (broad SMARTS) is 1. The van der Waals surface area contributed by atoms with Crippen molar-refractivity contribution < 1.29 is 14.7 Å². The molecule has 2 heterocycles. The molecule has 0 aliphatic rings. The zero-order chi connectivity index (χ0) is 19.6. The zero-order valence-electron chi connectivity index (χ0n) is 14.1. The van der Waals surface area contributed by atoms with Crippen molar-refractivity contribution in [3.8, 4) is 0 Å². The highest BCUT2D eigenvalue weighted by atomic mass is 79.9. The van der Waals surface area contributed by atoms with Crippen LogP contribution in [0.5, 0.6) is 0 Å². The minimum Gasteiger partial charge on any atom is -0.480 e. The number of benzene rings is 1. The second-order valence-electron chi connectivity index (χ2n) is 5.76. The van der Waals surface area contributed by atoms with Crippen LogP contribution in [0.4, 0.5) is 5.82 Å². The average Bonchev–Trinajstić information content (AvgIpc) is 3.24. The molecule has 0 bridgehead atoms. The Morgan fingerprint density at radius 1 is 1.30 bits per heavy atom. The summed E-state index contributed by atoms with van der Waals surface area (Å²) in [5, 5.41) is 20.6. The molecule has 0 spiro atoms. The zero-order valence-corrected chi connectivity index (χ0v) is 16.5. The van der Waals surface area contributed by atoms with E-state index >= 15 is 0 Å². The Morgan fingerprint density at radius 2 is 2.04 bits per heavy atom. The molecule has 140 valence electrons. The van der Waals surface area contributed by atoms with E-state index in [4.69, 9.17) is 16.7 Å². The normalized spacial score (nSPS) is 12.0. The van der Waals surface area contributed by atoms with Gasteiger partial charge in [-0.2, -0.15) is 10.2 Å². The van der Waals surface area contributed by atoms with Crippen molar-refractivity contribution in [2.75, 3.05) is 5.32 Å². The fourth-order valence-electron chi connectivity index (χ4n) is 2.32. The number of carboxylic acids is 1. The van der Waals surface area contributed by atoms with E-state index in [1.807, 2.05) is 18.2 Å². The molecular formula is C17H15BrClN5O3. The minimum atomic E-state index is -1.04. The summed E-state index contributed by atoms with van der Waals surface area (Å²) in [5.41, 5.74) is 0.990. The first kappa shape index (κ1) is 19.1. The first-order chi connectivity index (χ1) is 12.8. The van der Waals surface area contributed by atoms with Crippen LogP contribution in [0, 0.1) is 0 Å². The Bertz CT molecular complexity index is 1000. The SMILES string of the molecule is CC(C(=O)O)n1ccc(C(=O)Nc2nn(Cc3ccccc3Cl)cc2Br)n1. The minimum absolute atomic E-state index is 0.0932. The van der Waals surface area contributed by atoms with Crippen LogP contribution in [0.25, 0.3) is 0 Å². The topological polar surface area (TPSA) is 102 Å². The number of aromatic nitrogens is 4. The molecule has 8 nitrogen and oxygen atoms in total. The van der Waals surface area contributed by atoms with Crippen molar-refractivity contribution in [3.63, 3.8) is 0 Å². The Morgan fingerprint density at radius 3 is 2.74 bits per heavy atom. The van der Waals surface area contributed by atoms with Crippen molar-refractivity contribution in [1.29, 1.82) is 0 Å². The van der Waals surface area contributed by atoms with E-state index in [0.717, 1.165) is 5.56 Å². The lowest BCUT2D eigenvalue weighted by atomic mass is 10.2. The number of hydrogen-bond acceptors (Lipinski definition) is 4. The molecule has 0 radical (unpaired) electrons. The second kappa shape index (κ2) is 7.93. The number of aliphatic carboxylic acids is 1. The fourth-order valence-corrected chi connectivity index (χ4v) is 2.93. The van der Waals surface area contributed by atoms with Gasteiger partial charge in [-0.25, -0.2) is 4.79 Å². The maximum absolute atomic E-state index is 12.4. The van der Waals surface area contributed by atoms with Crippen molar-refractivity contribution in [1.82, 2.24) is 19.6 Å². The maximum Gasteiger partial charge on any atom is 0.328 e. The van der Waals surface area contributed by atoms with Crippen molar-refractivity contribution in [2.45, 2.75) is 19.5 Å². The Hall–Kier alpha value is -2.65. The van der Waals surface area contributed by atoms with E-state index in [0.29, 0.717) is 21.9 Å². The van der Waals surface area contributed by atoms with E-state index in [9.17, 15) is 9.59 Å². The molecule has 1 unspecified atom stereocenters. The Labute approximate surface area is 167 Å². The summed E-state index contributed by atoms with van der Waals surface area (Å²) in [5.74, 6) is -1.20. The lowest BCUT2D eigenvalue weighted by molar-refractivity contribution is -0.140. The number of anilines is 1. The van der Waals surface area contributed by atoms with Crippen LogP contribution in [-0.2, 0) is 11.3 Å². The molecule has 2 N–H and O–H groups in total. The monoisotopic (exact) mass is 451 g/mol. The van der Waals surface area contributed by atoms with Gasteiger partial charge >= 0.3 is 5.97 Å². The standard InChI is InChI=1S/C17H15BrClN5O3/c1-10(17(26)27)24-7-6-14(21-24)16(25)20-15-12(18)9-23(22-15)8-11-4-2-3-5-13(11)19/h2-7,9-10H,8H2,1H3,(H,26,27)(H,20,22,25). The Kier molecular flexibility index (Phi) is 5.62. The third-order valence-corrected chi connectivity index (χ3v) is 4.78. The lowest BCUT2D eigenvalue weighted by Crippen LogP contribution is -2.18. The van der Waals surface area contributed by atoms with Crippen LogP contribution >= 0.6 is 27.5 Å². The molecule has 1 atom stereocenters. The van der Waals surface area contributed by atoms with E-state index in [1.54, 1.807) is 16.9 Å². The molecule has 0 aliphatic heterocycles. The Balaban J connectivity index is 1.73. The third-order valence-electron chi connectivity index (χ3n) is 3.83. The molecular weight excluding hydrogens is 438 g/mol. The van der Waals surface area contributed by atoms with E-state index in [2.05, 4.69) is 31.4 Å². The van der Waals surface area contributed by atoms with E-state index in [1.165, 1.54) is 23.9 Å². The van der Waals surface area contributed by atoms with Gasteiger partial charge in [-0.15, -0.1) is 0 Å². The van der Waals surface area contributed by atoms with Crippen LogP contribution in [0.1, 0.15) is 29.0 Å². The van der Waals surface area contributed by atoms with Gasteiger partial charge in [0, 0.05) is 17.4 Å². The van der Waals surface area contributed by atoms with Gasteiger partial charge in [-0.05, 0) is 40.5 Å². The van der Waals surface area contributed by atoms with Crippen molar-refractivity contribution >= 4 is 45.2 Å². The van der Waals surface area contributed by atoms with Gasteiger partial charge in [-0.1, -0.05) is 29.8 Å². The molecule has 0 saturated heterocycles. The highest BCUT2D eigenvalue weighted by molar-refractivity contribution is 9.10. The molecule has 3 rings (SSSR count). The van der Waals surface area contributed by atoms with E-state index < -0.39 is 17.9 Å². The number of carbonyl (C=O) groups excluding carboxylic acids is 1. The average molecular weight is 453 g/mol. The number of rotatable bonds is 6. The molecule has 10 heteroatoms. The summed E-state index contributed by atoms with van der Waals surface area (Å²) in [7, 11) is 0. The molecule has 0 saturated carbocycles. The van der Waals surface area contributed by atoms with E-state index in [-0.39, 0.29) is 5.69 Å². The van der Waals surface area contributed by atoms with Crippen LogP contribution in [0.15, 0.2) is 47.2 Å². The molecule has 1 amide bonds. The summed E-state index contributed by atoms with van der Waals surface area (Å²) < 4.78 is 3.45. The third kappa shape index (κ3) is 4.37. The first-order valence-electron chi connectivity index (χ1n) is 7.91. The summed E-state index contributed by atoms with van der Waals surface area (Å²) >= 11 is 9.52. The quantitative estimate of drug-likeness (QED) is 0.596. The molecule has 0 fully saturated rings. The van der Waals surface area contributed by atoms with Gasteiger partial charge in [0.05, 0.1) is 11.0 Å². The van der Waals surface area contributed by atoms with Crippen LogP contribution < -0.4 is 5.32 Å². The predicted molar refractivity (Wildman–Crippen MR) is 103 cm³/mol. The number of carbonyl (C=O) groups is 2. The van der Waals surface area contributed by atoms with Gasteiger partial charge in [0.2, 0.25) is 0 Å². The molecule has 27 heavy (non-hydrogen) atoms. The molecule has 2 aromatic heterocycles. The van der Waals surface area contributed by atoms with Gasteiger partial charge in [0.1, 0.15) is 6.04 Å².